The van der Waals surface area contributed by atoms with Crippen molar-refractivity contribution >= 4 is 34.6 Å². The number of carbonyl (C=O) groups is 2. The number of aryl methyl sites for hydroxylation is 1. The van der Waals surface area contributed by atoms with E-state index in [2.05, 4.69) is 15.6 Å². The number of hydrogen-bond donors (Lipinski definition) is 2. The van der Waals surface area contributed by atoms with Gasteiger partial charge in [0.25, 0.3) is 0 Å². The highest BCUT2D eigenvalue weighted by Gasteiger charge is 2.14. The maximum Gasteiger partial charge on any atom is 0.322 e. The Morgan fingerprint density at radius 3 is 2.67 bits per heavy atom. The zero-order valence-electron chi connectivity index (χ0n) is 14.0. The number of methoxy groups -OCH3 is 1. The van der Waals surface area contributed by atoms with Crippen molar-refractivity contribution in [1.29, 1.82) is 0 Å². The predicted molar refractivity (Wildman–Crippen MR) is 94.6 cm³/mol. The van der Waals surface area contributed by atoms with Gasteiger partial charge in [-0.05, 0) is 25.1 Å². The molecule has 0 aliphatic heterocycles. The number of thiazole rings is 1. The van der Waals surface area contributed by atoms with Gasteiger partial charge in [-0.3, -0.25) is 4.79 Å². The van der Waals surface area contributed by atoms with E-state index in [1.165, 1.54) is 18.9 Å². The molecule has 0 saturated heterocycles. The molecular formula is C16H20N4O3S. The lowest BCUT2D eigenvalue weighted by molar-refractivity contribution is -0.114. The van der Waals surface area contributed by atoms with Gasteiger partial charge in [0.15, 0.2) is 0 Å². The van der Waals surface area contributed by atoms with Gasteiger partial charge in [0.2, 0.25) is 5.91 Å². The number of hydrogen-bond acceptors (Lipinski definition) is 5. The van der Waals surface area contributed by atoms with E-state index in [-0.39, 0.29) is 11.9 Å². The number of urea groups is 1. The van der Waals surface area contributed by atoms with Crippen LogP contribution in [0.4, 0.5) is 16.2 Å². The molecule has 2 aromatic rings. The number of nitrogens with zero attached hydrogens (tertiary/aromatic N) is 2. The number of rotatable bonds is 5. The van der Waals surface area contributed by atoms with E-state index in [0.29, 0.717) is 23.7 Å². The van der Waals surface area contributed by atoms with Crippen molar-refractivity contribution in [2.24, 2.45) is 0 Å². The van der Waals surface area contributed by atoms with Gasteiger partial charge in [0.1, 0.15) is 5.75 Å². The van der Waals surface area contributed by atoms with Crippen molar-refractivity contribution in [3.8, 4) is 5.75 Å². The second kappa shape index (κ2) is 7.78. The molecule has 0 bridgehead atoms. The fourth-order valence-corrected chi connectivity index (χ4v) is 2.70. The van der Waals surface area contributed by atoms with E-state index in [1.807, 2.05) is 12.3 Å². The summed E-state index contributed by atoms with van der Waals surface area (Å²) in [5.41, 5.74) is 1.90. The third-order valence-electron chi connectivity index (χ3n) is 3.17. The van der Waals surface area contributed by atoms with Crippen LogP contribution in [0.3, 0.4) is 0 Å². The highest BCUT2D eigenvalue weighted by atomic mass is 32.1. The number of ether oxygens (including phenoxy) is 1. The molecule has 0 aliphatic carbocycles. The Bertz CT molecular complexity index is 745. The minimum atomic E-state index is -0.293. The van der Waals surface area contributed by atoms with Crippen LogP contribution in [0.25, 0.3) is 0 Å². The van der Waals surface area contributed by atoms with Crippen molar-refractivity contribution in [2.75, 3.05) is 24.8 Å². The normalized spacial score (nSPS) is 10.2. The summed E-state index contributed by atoms with van der Waals surface area (Å²) in [4.78, 5) is 29.4. The summed E-state index contributed by atoms with van der Waals surface area (Å²) in [5.74, 6) is 0.323. The first-order valence-corrected chi connectivity index (χ1v) is 8.15. The zero-order valence-corrected chi connectivity index (χ0v) is 14.9. The van der Waals surface area contributed by atoms with E-state index in [4.69, 9.17) is 4.74 Å². The summed E-state index contributed by atoms with van der Waals surface area (Å²) in [7, 11) is 3.21. The quantitative estimate of drug-likeness (QED) is 0.870. The molecule has 2 rings (SSSR count). The van der Waals surface area contributed by atoms with Crippen LogP contribution in [0.1, 0.15) is 17.6 Å². The number of amides is 3. The molecule has 0 fully saturated rings. The smallest absolute Gasteiger partial charge is 0.322 e. The van der Waals surface area contributed by atoms with E-state index < -0.39 is 0 Å². The van der Waals surface area contributed by atoms with Gasteiger partial charge < -0.3 is 20.3 Å². The molecule has 24 heavy (non-hydrogen) atoms. The summed E-state index contributed by atoms with van der Waals surface area (Å²) in [6, 6.07) is 4.75. The molecule has 1 heterocycles. The number of carbonyl (C=O) groups excluding carboxylic acids is 2. The maximum absolute atomic E-state index is 12.4. The first-order valence-electron chi connectivity index (χ1n) is 7.27. The van der Waals surface area contributed by atoms with Crippen LogP contribution in [0.15, 0.2) is 23.6 Å². The van der Waals surface area contributed by atoms with Gasteiger partial charge in [0, 0.05) is 25.0 Å². The van der Waals surface area contributed by atoms with Crippen LogP contribution in [0.5, 0.6) is 5.75 Å². The average Bonchev–Trinajstić information content (AvgIpc) is 2.92. The average molecular weight is 348 g/mol. The molecule has 2 N–H and O–H groups in total. The van der Waals surface area contributed by atoms with E-state index >= 15 is 0 Å². The van der Waals surface area contributed by atoms with Crippen LogP contribution >= 0.6 is 11.3 Å². The van der Waals surface area contributed by atoms with Crippen molar-refractivity contribution in [3.63, 3.8) is 0 Å². The lowest BCUT2D eigenvalue weighted by Crippen LogP contribution is -2.31. The Hall–Kier alpha value is -2.61. The molecule has 128 valence electrons. The van der Waals surface area contributed by atoms with Crippen molar-refractivity contribution < 1.29 is 14.3 Å². The Morgan fingerprint density at radius 2 is 2.08 bits per heavy atom. The molecule has 8 heteroatoms. The standard InChI is InChI=1S/C16H20N4O3S/c1-10(21)17-12-5-6-15(23-4)14(7-12)19-16(22)20(3)8-13-9-24-11(2)18-13/h5-7,9H,8H2,1-4H3,(H,17,21)(H,19,22). The summed E-state index contributed by atoms with van der Waals surface area (Å²) >= 11 is 1.55. The van der Waals surface area contributed by atoms with Gasteiger partial charge in [-0.2, -0.15) is 0 Å². The molecule has 1 aromatic carbocycles. The zero-order chi connectivity index (χ0) is 17.7. The predicted octanol–water partition coefficient (Wildman–Crippen LogP) is 3.08. The van der Waals surface area contributed by atoms with Crippen LogP contribution < -0.4 is 15.4 Å². The summed E-state index contributed by atoms with van der Waals surface area (Å²) in [5, 5.41) is 8.35. The molecule has 0 aliphatic rings. The van der Waals surface area contributed by atoms with Crippen LogP contribution in [-0.4, -0.2) is 36.0 Å². The third kappa shape index (κ3) is 4.69. The molecular weight excluding hydrogens is 328 g/mol. The highest BCUT2D eigenvalue weighted by Crippen LogP contribution is 2.28. The van der Waals surface area contributed by atoms with E-state index in [0.717, 1.165) is 10.7 Å². The van der Waals surface area contributed by atoms with Crippen LogP contribution in [0.2, 0.25) is 0 Å². The highest BCUT2D eigenvalue weighted by molar-refractivity contribution is 7.09. The number of nitrogens with one attached hydrogen (secondary N) is 2. The molecule has 0 saturated carbocycles. The monoisotopic (exact) mass is 348 g/mol. The number of benzene rings is 1. The SMILES string of the molecule is COc1ccc(NC(C)=O)cc1NC(=O)N(C)Cc1csc(C)n1. The number of aromatic nitrogens is 1. The lowest BCUT2D eigenvalue weighted by atomic mass is 10.2. The molecule has 0 spiro atoms. The largest absolute Gasteiger partial charge is 0.495 e. The lowest BCUT2D eigenvalue weighted by Gasteiger charge is -2.18. The van der Waals surface area contributed by atoms with Gasteiger partial charge in [-0.1, -0.05) is 0 Å². The molecule has 7 nitrogen and oxygen atoms in total. The van der Waals surface area contributed by atoms with Gasteiger partial charge in [0.05, 0.1) is 30.0 Å². The van der Waals surface area contributed by atoms with Gasteiger partial charge >= 0.3 is 6.03 Å². The van der Waals surface area contributed by atoms with Gasteiger partial charge in [-0.15, -0.1) is 11.3 Å². The first kappa shape index (κ1) is 17.7. The second-order valence-corrected chi connectivity index (χ2v) is 6.30. The molecule has 0 unspecified atom stereocenters. The Morgan fingerprint density at radius 1 is 1.33 bits per heavy atom. The van der Waals surface area contributed by atoms with Crippen molar-refractivity contribution in [1.82, 2.24) is 9.88 Å². The Balaban J connectivity index is 2.10. The molecule has 3 amide bonds. The van der Waals surface area contributed by atoms with Crippen LogP contribution in [-0.2, 0) is 11.3 Å². The summed E-state index contributed by atoms with van der Waals surface area (Å²) in [6.45, 7) is 3.75. The fourth-order valence-electron chi connectivity index (χ4n) is 2.09. The van der Waals surface area contributed by atoms with E-state index in [9.17, 15) is 9.59 Å². The summed E-state index contributed by atoms with van der Waals surface area (Å²) in [6.07, 6.45) is 0. The van der Waals surface area contributed by atoms with Crippen molar-refractivity contribution in [2.45, 2.75) is 20.4 Å². The molecule has 0 atom stereocenters. The van der Waals surface area contributed by atoms with Crippen molar-refractivity contribution in [3.05, 3.63) is 34.3 Å². The molecule has 0 radical (unpaired) electrons. The first-order chi connectivity index (χ1) is 11.4. The number of anilines is 2. The maximum atomic E-state index is 12.4. The Labute approximate surface area is 144 Å². The van der Waals surface area contributed by atoms with Crippen LogP contribution in [0, 0.1) is 6.92 Å². The molecule has 1 aromatic heterocycles. The Kier molecular flexibility index (Phi) is 5.75. The minimum absolute atomic E-state index is 0.187. The topological polar surface area (TPSA) is 83.6 Å². The minimum Gasteiger partial charge on any atom is -0.495 e. The summed E-state index contributed by atoms with van der Waals surface area (Å²) < 4.78 is 5.25. The third-order valence-corrected chi connectivity index (χ3v) is 4.00. The van der Waals surface area contributed by atoms with Gasteiger partial charge in [-0.25, -0.2) is 9.78 Å². The fraction of sp³-hybridized carbons (Fsp3) is 0.312. The van der Waals surface area contributed by atoms with E-state index in [1.54, 1.807) is 36.6 Å². The second-order valence-electron chi connectivity index (χ2n) is 5.24.